The van der Waals surface area contributed by atoms with Crippen LogP contribution in [0.2, 0.25) is 0 Å². The van der Waals surface area contributed by atoms with Crippen LogP contribution in [0.4, 0.5) is 11.4 Å². The third-order valence-electron chi connectivity index (χ3n) is 2.69. The van der Waals surface area contributed by atoms with Gasteiger partial charge in [-0.15, -0.1) is 0 Å². The molecule has 4 N–H and O–H groups in total. The van der Waals surface area contributed by atoms with E-state index in [9.17, 15) is 4.79 Å². The number of para-hydroxylation sites is 1. The molecular formula is C12H14N4O2. The molecule has 0 bridgehead atoms. The number of benzene rings is 1. The van der Waals surface area contributed by atoms with Crippen LogP contribution in [-0.2, 0) is 13.6 Å². The molecule has 0 unspecified atom stereocenters. The normalized spacial score (nSPS) is 10.3. The van der Waals surface area contributed by atoms with Crippen LogP contribution in [0.1, 0.15) is 16.2 Å². The maximum absolute atomic E-state index is 10.9. The summed E-state index contributed by atoms with van der Waals surface area (Å²) in [5.74, 6) is -0.191. The summed E-state index contributed by atoms with van der Waals surface area (Å²) >= 11 is 0. The molecule has 0 spiro atoms. The lowest BCUT2D eigenvalue weighted by Crippen LogP contribution is -2.09. The predicted molar refractivity (Wildman–Crippen MR) is 68.3 cm³/mol. The minimum atomic E-state index is -1.03. The number of aryl methyl sites for hydroxylation is 1. The molecule has 2 aromatic rings. The van der Waals surface area contributed by atoms with E-state index < -0.39 is 5.97 Å². The summed E-state index contributed by atoms with van der Waals surface area (Å²) in [6.45, 7) is 0.483. The minimum Gasteiger partial charge on any atom is -0.478 e. The Morgan fingerprint density at radius 2 is 2.33 bits per heavy atom. The van der Waals surface area contributed by atoms with Gasteiger partial charge in [0, 0.05) is 19.4 Å². The van der Waals surface area contributed by atoms with Gasteiger partial charge < -0.3 is 20.7 Å². The molecule has 0 saturated heterocycles. The molecular weight excluding hydrogens is 232 g/mol. The van der Waals surface area contributed by atoms with E-state index in [-0.39, 0.29) is 11.3 Å². The Hall–Kier alpha value is -2.50. The van der Waals surface area contributed by atoms with E-state index in [1.165, 1.54) is 6.07 Å². The number of carboxylic acid groups (broad SMARTS) is 1. The molecule has 6 heteroatoms. The molecule has 94 valence electrons. The maximum atomic E-state index is 10.9. The molecule has 18 heavy (non-hydrogen) atoms. The van der Waals surface area contributed by atoms with Gasteiger partial charge in [0.25, 0.3) is 0 Å². The number of carboxylic acids is 1. The average molecular weight is 246 g/mol. The summed E-state index contributed by atoms with van der Waals surface area (Å²) in [7, 11) is 1.89. The van der Waals surface area contributed by atoms with Crippen molar-refractivity contribution in [3.05, 3.63) is 42.0 Å². The molecule has 0 atom stereocenters. The third-order valence-corrected chi connectivity index (χ3v) is 2.69. The van der Waals surface area contributed by atoms with Crippen LogP contribution in [0, 0.1) is 0 Å². The van der Waals surface area contributed by atoms with Gasteiger partial charge in [-0.1, -0.05) is 6.07 Å². The summed E-state index contributed by atoms with van der Waals surface area (Å²) in [6.07, 6.45) is 3.54. The third kappa shape index (κ3) is 2.27. The number of rotatable bonds is 4. The van der Waals surface area contributed by atoms with Crippen molar-refractivity contribution in [2.45, 2.75) is 6.54 Å². The number of nitrogens with zero attached hydrogens (tertiary/aromatic N) is 2. The molecule has 0 amide bonds. The largest absolute Gasteiger partial charge is 0.478 e. The second-order valence-electron chi connectivity index (χ2n) is 3.88. The van der Waals surface area contributed by atoms with E-state index in [0.717, 1.165) is 5.82 Å². The molecule has 1 aromatic carbocycles. The van der Waals surface area contributed by atoms with Crippen LogP contribution in [0.5, 0.6) is 0 Å². The van der Waals surface area contributed by atoms with Crippen molar-refractivity contribution in [2.24, 2.45) is 7.05 Å². The molecule has 1 aromatic heterocycles. The van der Waals surface area contributed by atoms with Gasteiger partial charge in [-0.05, 0) is 12.1 Å². The Labute approximate surface area is 104 Å². The van der Waals surface area contributed by atoms with Gasteiger partial charge in [-0.25, -0.2) is 9.78 Å². The van der Waals surface area contributed by atoms with E-state index >= 15 is 0 Å². The lowest BCUT2D eigenvalue weighted by atomic mass is 10.1. The first-order chi connectivity index (χ1) is 8.59. The maximum Gasteiger partial charge on any atom is 0.337 e. The van der Waals surface area contributed by atoms with Crippen LogP contribution >= 0.6 is 0 Å². The highest BCUT2D eigenvalue weighted by Gasteiger charge is 2.11. The number of imidazole rings is 1. The summed E-state index contributed by atoms with van der Waals surface area (Å²) in [6, 6.07) is 4.87. The van der Waals surface area contributed by atoms with Crippen LogP contribution < -0.4 is 11.1 Å². The molecule has 1 heterocycles. The van der Waals surface area contributed by atoms with E-state index in [2.05, 4.69) is 10.3 Å². The van der Waals surface area contributed by atoms with E-state index in [1.807, 2.05) is 17.8 Å². The quantitative estimate of drug-likeness (QED) is 0.707. The van der Waals surface area contributed by atoms with Crippen molar-refractivity contribution in [3.8, 4) is 0 Å². The highest BCUT2D eigenvalue weighted by atomic mass is 16.4. The van der Waals surface area contributed by atoms with Crippen LogP contribution in [0.3, 0.4) is 0 Å². The first-order valence-electron chi connectivity index (χ1n) is 5.41. The van der Waals surface area contributed by atoms with Gasteiger partial charge in [0.1, 0.15) is 5.82 Å². The second-order valence-corrected chi connectivity index (χ2v) is 3.88. The summed E-state index contributed by atoms with van der Waals surface area (Å²) < 4.78 is 1.88. The zero-order chi connectivity index (χ0) is 13.1. The molecule has 0 fully saturated rings. The van der Waals surface area contributed by atoms with E-state index in [1.54, 1.807) is 18.3 Å². The van der Waals surface area contributed by atoms with Gasteiger partial charge in [0.2, 0.25) is 0 Å². The first kappa shape index (κ1) is 12.0. The number of aromatic carboxylic acids is 1. The van der Waals surface area contributed by atoms with Crippen LogP contribution in [0.25, 0.3) is 0 Å². The van der Waals surface area contributed by atoms with Gasteiger partial charge in [0.15, 0.2) is 0 Å². The Bertz CT molecular complexity index is 577. The minimum absolute atomic E-state index is 0.0971. The van der Waals surface area contributed by atoms with Gasteiger partial charge in [0.05, 0.1) is 23.5 Å². The van der Waals surface area contributed by atoms with Crippen molar-refractivity contribution in [2.75, 3.05) is 11.1 Å². The number of hydrogen-bond acceptors (Lipinski definition) is 4. The zero-order valence-electron chi connectivity index (χ0n) is 9.92. The zero-order valence-corrected chi connectivity index (χ0v) is 9.92. The molecule has 0 saturated carbocycles. The van der Waals surface area contributed by atoms with Gasteiger partial charge >= 0.3 is 5.97 Å². The average Bonchev–Trinajstić information content (AvgIpc) is 2.73. The molecule has 0 aliphatic carbocycles. The van der Waals surface area contributed by atoms with Crippen LogP contribution in [-0.4, -0.2) is 20.6 Å². The second kappa shape index (κ2) is 4.79. The highest BCUT2D eigenvalue weighted by Crippen LogP contribution is 2.23. The number of hydrogen-bond donors (Lipinski definition) is 3. The SMILES string of the molecule is Cn1ccnc1CNc1cccc(C(=O)O)c1N. The Morgan fingerprint density at radius 1 is 1.56 bits per heavy atom. The lowest BCUT2D eigenvalue weighted by Gasteiger charge is -2.10. The van der Waals surface area contributed by atoms with Gasteiger partial charge in [-0.3, -0.25) is 0 Å². The molecule has 0 aliphatic heterocycles. The standard InChI is InChI=1S/C12H14N4O2/c1-16-6-5-14-10(16)7-15-9-4-2-3-8(11(9)13)12(17)18/h2-6,15H,7,13H2,1H3,(H,17,18). The molecule has 0 aliphatic rings. The monoisotopic (exact) mass is 246 g/mol. The lowest BCUT2D eigenvalue weighted by molar-refractivity contribution is 0.0698. The summed E-state index contributed by atoms with van der Waals surface area (Å²) in [5.41, 5.74) is 6.72. The highest BCUT2D eigenvalue weighted by molar-refractivity contribution is 5.97. The summed E-state index contributed by atoms with van der Waals surface area (Å²) in [5, 5.41) is 12.0. The van der Waals surface area contributed by atoms with Crippen molar-refractivity contribution in [3.63, 3.8) is 0 Å². The number of carbonyl (C=O) groups is 1. The number of nitrogens with two attached hydrogens (primary N) is 1. The Morgan fingerprint density at radius 3 is 2.94 bits per heavy atom. The smallest absolute Gasteiger partial charge is 0.337 e. The molecule has 0 radical (unpaired) electrons. The predicted octanol–water partition coefficient (Wildman–Crippen LogP) is 1.31. The van der Waals surface area contributed by atoms with E-state index in [4.69, 9.17) is 10.8 Å². The number of anilines is 2. The molecule has 2 rings (SSSR count). The summed E-state index contributed by atoms with van der Waals surface area (Å²) in [4.78, 5) is 15.1. The first-order valence-corrected chi connectivity index (χ1v) is 5.41. The van der Waals surface area contributed by atoms with Crippen molar-refractivity contribution in [1.29, 1.82) is 0 Å². The Balaban J connectivity index is 2.17. The van der Waals surface area contributed by atoms with Gasteiger partial charge in [-0.2, -0.15) is 0 Å². The number of nitrogens with one attached hydrogen (secondary N) is 1. The molecule has 6 nitrogen and oxygen atoms in total. The fourth-order valence-electron chi connectivity index (χ4n) is 1.65. The fourth-order valence-corrected chi connectivity index (χ4v) is 1.65. The van der Waals surface area contributed by atoms with Crippen LogP contribution in [0.15, 0.2) is 30.6 Å². The van der Waals surface area contributed by atoms with Crippen molar-refractivity contribution >= 4 is 17.3 Å². The topological polar surface area (TPSA) is 93.2 Å². The van der Waals surface area contributed by atoms with Crippen molar-refractivity contribution in [1.82, 2.24) is 9.55 Å². The van der Waals surface area contributed by atoms with Crippen molar-refractivity contribution < 1.29 is 9.90 Å². The number of aromatic nitrogens is 2. The van der Waals surface area contributed by atoms with E-state index in [0.29, 0.717) is 12.2 Å². The fraction of sp³-hybridized carbons (Fsp3) is 0.167. The number of nitrogen functional groups attached to an aromatic ring is 1. The Kier molecular flexibility index (Phi) is 3.18.